The zero-order valence-corrected chi connectivity index (χ0v) is 8.21. The third kappa shape index (κ3) is 2.66. The molecule has 2 heterocycles. The van der Waals surface area contributed by atoms with E-state index in [0.717, 1.165) is 25.9 Å². The summed E-state index contributed by atoms with van der Waals surface area (Å²) >= 11 is 0. The summed E-state index contributed by atoms with van der Waals surface area (Å²) in [5.74, 6) is 0. The van der Waals surface area contributed by atoms with Crippen LogP contribution in [0.4, 0.5) is 0 Å². The lowest BCUT2D eigenvalue weighted by molar-refractivity contribution is 0.0666. The molecule has 2 aliphatic rings. The number of aliphatic hydroxyl groups is 1. The first-order valence-electron chi connectivity index (χ1n) is 5.48. The molecule has 2 fully saturated rings. The van der Waals surface area contributed by atoms with Crippen LogP contribution in [0.1, 0.15) is 25.7 Å². The summed E-state index contributed by atoms with van der Waals surface area (Å²) in [6.07, 6.45) is 4.71. The highest BCUT2D eigenvalue weighted by Gasteiger charge is 2.22. The van der Waals surface area contributed by atoms with Crippen LogP contribution in [-0.4, -0.2) is 48.3 Å². The van der Waals surface area contributed by atoms with Crippen molar-refractivity contribution in [2.24, 2.45) is 0 Å². The van der Waals surface area contributed by atoms with Crippen molar-refractivity contribution in [1.29, 1.82) is 0 Å². The highest BCUT2D eigenvalue weighted by molar-refractivity contribution is 4.80. The van der Waals surface area contributed by atoms with Crippen molar-refractivity contribution in [2.45, 2.75) is 37.8 Å². The number of hydrogen-bond acceptors (Lipinski definition) is 3. The third-order valence-corrected chi connectivity index (χ3v) is 3.12. The van der Waals surface area contributed by atoms with Crippen LogP contribution in [0.15, 0.2) is 0 Å². The summed E-state index contributed by atoms with van der Waals surface area (Å²) in [5, 5.41) is 13.0. The molecule has 0 spiro atoms. The Balaban J connectivity index is 1.73. The van der Waals surface area contributed by atoms with Gasteiger partial charge in [-0.2, -0.15) is 0 Å². The van der Waals surface area contributed by atoms with Gasteiger partial charge in [0.15, 0.2) is 0 Å². The second-order valence-electron chi connectivity index (χ2n) is 4.35. The van der Waals surface area contributed by atoms with E-state index in [2.05, 4.69) is 10.2 Å². The number of piperidine rings is 1. The second-order valence-corrected chi connectivity index (χ2v) is 4.35. The van der Waals surface area contributed by atoms with Gasteiger partial charge in [-0.05, 0) is 38.8 Å². The molecule has 0 bridgehead atoms. The summed E-state index contributed by atoms with van der Waals surface area (Å²) in [6, 6.07) is 0.685. The smallest absolute Gasteiger partial charge is 0.0667 e. The molecule has 0 aromatic carbocycles. The van der Waals surface area contributed by atoms with Crippen molar-refractivity contribution in [2.75, 3.05) is 26.2 Å². The lowest BCUT2D eigenvalue weighted by Crippen LogP contribution is -2.44. The van der Waals surface area contributed by atoms with Gasteiger partial charge in [0.1, 0.15) is 0 Å². The zero-order valence-electron chi connectivity index (χ0n) is 8.21. The fraction of sp³-hybridized carbons (Fsp3) is 1.00. The monoisotopic (exact) mass is 184 g/mol. The minimum absolute atomic E-state index is 0.0739. The maximum atomic E-state index is 9.49. The molecule has 1 unspecified atom stereocenters. The van der Waals surface area contributed by atoms with E-state index >= 15 is 0 Å². The Morgan fingerprint density at radius 3 is 2.92 bits per heavy atom. The minimum Gasteiger partial charge on any atom is -0.392 e. The van der Waals surface area contributed by atoms with Crippen LogP contribution in [-0.2, 0) is 0 Å². The van der Waals surface area contributed by atoms with Crippen LogP contribution in [0, 0.1) is 0 Å². The van der Waals surface area contributed by atoms with Crippen molar-refractivity contribution in [3.8, 4) is 0 Å². The fourth-order valence-electron chi connectivity index (χ4n) is 2.42. The van der Waals surface area contributed by atoms with E-state index in [9.17, 15) is 5.11 Å². The van der Waals surface area contributed by atoms with Crippen molar-refractivity contribution in [1.82, 2.24) is 10.2 Å². The molecule has 76 valence electrons. The second kappa shape index (κ2) is 4.40. The van der Waals surface area contributed by atoms with Gasteiger partial charge in [0.25, 0.3) is 0 Å². The Hall–Kier alpha value is -0.120. The summed E-state index contributed by atoms with van der Waals surface area (Å²) in [4.78, 5) is 2.40. The number of nitrogens with one attached hydrogen (secondary N) is 1. The third-order valence-electron chi connectivity index (χ3n) is 3.12. The zero-order chi connectivity index (χ0) is 9.10. The van der Waals surface area contributed by atoms with Gasteiger partial charge in [-0.3, -0.25) is 4.90 Å². The molecule has 0 aliphatic carbocycles. The molecule has 13 heavy (non-hydrogen) atoms. The molecule has 2 atom stereocenters. The Morgan fingerprint density at radius 2 is 2.23 bits per heavy atom. The van der Waals surface area contributed by atoms with E-state index in [1.807, 2.05) is 0 Å². The summed E-state index contributed by atoms with van der Waals surface area (Å²) in [6.45, 7) is 4.38. The number of nitrogens with zero attached hydrogens (tertiary/aromatic N) is 1. The van der Waals surface area contributed by atoms with E-state index in [1.54, 1.807) is 0 Å². The first-order chi connectivity index (χ1) is 6.34. The molecular formula is C10H20N2O. The van der Waals surface area contributed by atoms with Gasteiger partial charge < -0.3 is 10.4 Å². The molecule has 2 saturated heterocycles. The maximum absolute atomic E-state index is 9.49. The van der Waals surface area contributed by atoms with Crippen molar-refractivity contribution < 1.29 is 5.11 Å². The van der Waals surface area contributed by atoms with Gasteiger partial charge in [-0.15, -0.1) is 0 Å². The van der Waals surface area contributed by atoms with Crippen molar-refractivity contribution >= 4 is 0 Å². The average molecular weight is 184 g/mol. The largest absolute Gasteiger partial charge is 0.392 e. The van der Waals surface area contributed by atoms with Crippen LogP contribution >= 0.6 is 0 Å². The predicted molar refractivity (Wildman–Crippen MR) is 52.7 cm³/mol. The molecule has 0 saturated carbocycles. The van der Waals surface area contributed by atoms with E-state index in [4.69, 9.17) is 0 Å². The molecule has 2 rings (SSSR count). The minimum atomic E-state index is -0.0739. The number of likely N-dealkylation sites (tertiary alicyclic amines) is 1. The molecule has 0 radical (unpaired) electrons. The lowest BCUT2D eigenvalue weighted by Gasteiger charge is -2.31. The molecular weight excluding hydrogens is 164 g/mol. The predicted octanol–water partition coefficient (Wildman–Crippen LogP) is 0.195. The molecule has 3 nitrogen and oxygen atoms in total. The van der Waals surface area contributed by atoms with E-state index in [0.29, 0.717) is 6.04 Å². The van der Waals surface area contributed by atoms with Gasteiger partial charge >= 0.3 is 0 Å². The van der Waals surface area contributed by atoms with Gasteiger partial charge in [0.2, 0.25) is 0 Å². The highest BCUT2D eigenvalue weighted by Crippen LogP contribution is 2.13. The lowest BCUT2D eigenvalue weighted by atomic mass is 10.1. The molecule has 0 aromatic heterocycles. The number of β-amino-alcohol motifs (C(OH)–C–C–N with tert-alkyl or cyclic N) is 1. The standard InChI is InChI=1S/C10H20N2O/c13-10-4-2-6-12(8-10)7-9-3-1-5-11-9/h9-11,13H,1-8H2/t9-,10?/m0/s1. The Kier molecular flexibility index (Phi) is 3.19. The number of rotatable bonds is 2. The number of hydrogen-bond donors (Lipinski definition) is 2. The SMILES string of the molecule is OC1CCCN(C[C@@H]2CCCN2)C1. The molecule has 2 N–H and O–H groups in total. The van der Waals surface area contributed by atoms with Gasteiger partial charge in [-0.25, -0.2) is 0 Å². The Morgan fingerprint density at radius 1 is 1.31 bits per heavy atom. The topological polar surface area (TPSA) is 35.5 Å². The molecule has 2 aliphatic heterocycles. The van der Waals surface area contributed by atoms with Gasteiger partial charge in [0.05, 0.1) is 6.10 Å². The van der Waals surface area contributed by atoms with Gasteiger partial charge in [-0.1, -0.05) is 0 Å². The van der Waals surface area contributed by atoms with Crippen molar-refractivity contribution in [3.05, 3.63) is 0 Å². The average Bonchev–Trinajstić information content (AvgIpc) is 2.57. The summed E-state index contributed by atoms with van der Waals surface area (Å²) < 4.78 is 0. The van der Waals surface area contributed by atoms with Crippen LogP contribution < -0.4 is 5.32 Å². The van der Waals surface area contributed by atoms with E-state index in [-0.39, 0.29) is 6.10 Å². The molecule has 3 heteroatoms. The van der Waals surface area contributed by atoms with E-state index in [1.165, 1.54) is 25.9 Å². The normalized spacial score (nSPS) is 36.7. The van der Waals surface area contributed by atoms with Crippen LogP contribution in [0.5, 0.6) is 0 Å². The summed E-state index contributed by atoms with van der Waals surface area (Å²) in [7, 11) is 0. The summed E-state index contributed by atoms with van der Waals surface area (Å²) in [5.41, 5.74) is 0. The fourth-order valence-corrected chi connectivity index (χ4v) is 2.42. The first-order valence-corrected chi connectivity index (χ1v) is 5.48. The Bertz CT molecular complexity index is 157. The highest BCUT2D eigenvalue weighted by atomic mass is 16.3. The molecule has 0 amide bonds. The van der Waals surface area contributed by atoms with E-state index < -0.39 is 0 Å². The molecule has 0 aromatic rings. The van der Waals surface area contributed by atoms with Crippen LogP contribution in [0.25, 0.3) is 0 Å². The quantitative estimate of drug-likeness (QED) is 0.643. The maximum Gasteiger partial charge on any atom is 0.0667 e. The first kappa shape index (κ1) is 9.44. The Labute approximate surface area is 80.1 Å². The number of aliphatic hydroxyl groups excluding tert-OH is 1. The van der Waals surface area contributed by atoms with Crippen molar-refractivity contribution in [3.63, 3.8) is 0 Å². The van der Waals surface area contributed by atoms with Gasteiger partial charge in [0, 0.05) is 19.1 Å². The van der Waals surface area contributed by atoms with Crippen LogP contribution in [0.2, 0.25) is 0 Å². The van der Waals surface area contributed by atoms with Crippen LogP contribution in [0.3, 0.4) is 0 Å².